The van der Waals surface area contributed by atoms with Crippen LogP contribution in [0.15, 0.2) is 0 Å². The molecule has 0 aromatic heterocycles. The fraction of sp³-hybridized carbons (Fsp3) is 1.00. The van der Waals surface area contributed by atoms with Gasteiger partial charge in [0.15, 0.2) is 0 Å². The molecule has 0 amide bonds. The number of hydrogen-bond donors (Lipinski definition) is 3. The van der Waals surface area contributed by atoms with E-state index in [1.807, 2.05) is 0 Å². The van der Waals surface area contributed by atoms with Crippen molar-refractivity contribution in [3.63, 3.8) is 0 Å². The van der Waals surface area contributed by atoms with Crippen LogP contribution in [0.25, 0.3) is 0 Å². The number of nitrogens with one attached hydrogen (secondary N) is 2. The predicted octanol–water partition coefficient (Wildman–Crippen LogP) is 0.563. The summed E-state index contributed by atoms with van der Waals surface area (Å²) in [4.78, 5) is 2.57. The minimum Gasteiger partial charge on any atom is -0.393 e. The highest BCUT2D eigenvalue weighted by molar-refractivity contribution is 4.79. The first-order valence-electron chi connectivity index (χ1n) is 7.59. The maximum absolute atomic E-state index is 9.46. The van der Waals surface area contributed by atoms with E-state index in [9.17, 15) is 5.11 Å². The molecule has 0 aromatic rings. The van der Waals surface area contributed by atoms with E-state index in [-0.39, 0.29) is 6.10 Å². The molecule has 0 spiro atoms. The third kappa shape index (κ3) is 4.50. The first-order chi connectivity index (χ1) is 8.78. The molecule has 0 atom stereocenters. The Morgan fingerprint density at radius 2 is 1.67 bits per heavy atom. The lowest BCUT2D eigenvalue weighted by Crippen LogP contribution is -2.45. The van der Waals surface area contributed by atoms with Crippen molar-refractivity contribution in [3.05, 3.63) is 0 Å². The fourth-order valence-electron chi connectivity index (χ4n) is 3.15. The van der Waals surface area contributed by atoms with Crippen molar-refractivity contribution in [2.45, 2.75) is 56.7 Å². The van der Waals surface area contributed by atoms with Crippen LogP contribution in [0.2, 0.25) is 0 Å². The average Bonchev–Trinajstić information content (AvgIpc) is 2.42. The van der Waals surface area contributed by atoms with Gasteiger partial charge in [0, 0.05) is 25.2 Å². The summed E-state index contributed by atoms with van der Waals surface area (Å²) < 4.78 is 0. The van der Waals surface area contributed by atoms with E-state index in [0.717, 1.165) is 38.3 Å². The molecule has 3 N–H and O–H groups in total. The second-order valence-electron chi connectivity index (χ2n) is 5.86. The van der Waals surface area contributed by atoms with Gasteiger partial charge in [0.05, 0.1) is 6.10 Å². The molecule has 1 saturated carbocycles. The van der Waals surface area contributed by atoms with Crippen molar-refractivity contribution in [2.75, 3.05) is 33.2 Å². The van der Waals surface area contributed by atoms with Crippen LogP contribution in [0.3, 0.4) is 0 Å². The number of likely N-dealkylation sites (tertiary alicyclic amines) is 1. The molecule has 4 nitrogen and oxygen atoms in total. The van der Waals surface area contributed by atoms with Crippen LogP contribution in [0.4, 0.5) is 0 Å². The Morgan fingerprint density at radius 1 is 1.00 bits per heavy atom. The lowest BCUT2D eigenvalue weighted by molar-refractivity contribution is 0.115. The van der Waals surface area contributed by atoms with Gasteiger partial charge in [-0.15, -0.1) is 0 Å². The smallest absolute Gasteiger partial charge is 0.0541 e. The molecule has 1 aliphatic heterocycles. The van der Waals surface area contributed by atoms with Gasteiger partial charge in [-0.05, 0) is 58.7 Å². The molecule has 18 heavy (non-hydrogen) atoms. The van der Waals surface area contributed by atoms with Crippen LogP contribution in [-0.4, -0.2) is 61.4 Å². The van der Waals surface area contributed by atoms with Crippen LogP contribution in [0.1, 0.15) is 38.5 Å². The molecular weight excluding hydrogens is 226 g/mol. The minimum absolute atomic E-state index is 0.0383. The Balaban J connectivity index is 1.53. The monoisotopic (exact) mass is 255 g/mol. The summed E-state index contributed by atoms with van der Waals surface area (Å²) >= 11 is 0. The molecule has 0 aromatic carbocycles. The first kappa shape index (κ1) is 14.3. The number of rotatable bonds is 5. The van der Waals surface area contributed by atoms with Gasteiger partial charge in [0.1, 0.15) is 0 Å². The Morgan fingerprint density at radius 3 is 2.28 bits per heavy atom. The van der Waals surface area contributed by atoms with Gasteiger partial charge in [-0.2, -0.15) is 0 Å². The zero-order valence-electron chi connectivity index (χ0n) is 11.7. The number of piperidine rings is 1. The van der Waals surface area contributed by atoms with Crippen molar-refractivity contribution < 1.29 is 5.11 Å². The van der Waals surface area contributed by atoms with E-state index in [2.05, 4.69) is 22.6 Å². The lowest BCUT2D eigenvalue weighted by atomic mass is 9.93. The van der Waals surface area contributed by atoms with Gasteiger partial charge < -0.3 is 20.6 Å². The van der Waals surface area contributed by atoms with Crippen LogP contribution < -0.4 is 10.6 Å². The van der Waals surface area contributed by atoms with E-state index in [1.165, 1.54) is 32.5 Å². The summed E-state index contributed by atoms with van der Waals surface area (Å²) in [5.74, 6) is 0. The molecule has 2 aliphatic rings. The average molecular weight is 255 g/mol. The van der Waals surface area contributed by atoms with Gasteiger partial charge in [-0.25, -0.2) is 0 Å². The third-order valence-electron chi connectivity index (χ3n) is 4.55. The highest BCUT2D eigenvalue weighted by Gasteiger charge is 2.20. The Hall–Kier alpha value is -0.160. The second kappa shape index (κ2) is 7.43. The summed E-state index contributed by atoms with van der Waals surface area (Å²) in [5.41, 5.74) is 0. The van der Waals surface area contributed by atoms with E-state index < -0.39 is 0 Å². The van der Waals surface area contributed by atoms with Crippen molar-refractivity contribution in [2.24, 2.45) is 0 Å². The summed E-state index contributed by atoms with van der Waals surface area (Å²) in [7, 11) is 2.07. The van der Waals surface area contributed by atoms with Crippen LogP contribution in [0.5, 0.6) is 0 Å². The van der Waals surface area contributed by atoms with Crippen LogP contribution >= 0.6 is 0 Å². The zero-order valence-corrected chi connectivity index (χ0v) is 11.7. The summed E-state index contributed by atoms with van der Waals surface area (Å²) in [6, 6.07) is 1.37. The highest BCUT2D eigenvalue weighted by atomic mass is 16.3. The first-order valence-corrected chi connectivity index (χ1v) is 7.59. The van der Waals surface area contributed by atoms with Crippen LogP contribution in [-0.2, 0) is 0 Å². The maximum Gasteiger partial charge on any atom is 0.0541 e. The predicted molar refractivity (Wildman–Crippen MR) is 74.8 cm³/mol. The third-order valence-corrected chi connectivity index (χ3v) is 4.55. The summed E-state index contributed by atoms with van der Waals surface area (Å²) in [6.45, 7) is 4.74. The molecule has 1 heterocycles. The normalized spacial score (nSPS) is 31.7. The van der Waals surface area contributed by atoms with Crippen molar-refractivity contribution in [1.29, 1.82) is 0 Å². The van der Waals surface area contributed by atoms with E-state index >= 15 is 0 Å². The minimum atomic E-state index is -0.0383. The molecule has 4 heteroatoms. The molecule has 106 valence electrons. The topological polar surface area (TPSA) is 47.5 Å². The molecule has 1 aliphatic carbocycles. The quantitative estimate of drug-likeness (QED) is 0.672. The maximum atomic E-state index is 9.46. The number of aliphatic hydroxyl groups excluding tert-OH is 1. The van der Waals surface area contributed by atoms with Crippen LogP contribution in [0, 0.1) is 0 Å². The second-order valence-corrected chi connectivity index (χ2v) is 5.86. The Kier molecular flexibility index (Phi) is 5.89. The largest absolute Gasteiger partial charge is 0.393 e. The van der Waals surface area contributed by atoms with E-state index in [0.29, 0.717) is 6.04 Å². The Labute approximate surface area is 111 Å². The summed E-state index contributed by atoms with van der Waals surface area (Å²) in [6.07, 6.45) is 6.77. The molecule has 2 fully saturated rings. The number of aliphatic hydroxyl groups is 1. The van der Waals surface area contributed by atoms with Gasteiger partial charge in [0.25, 0.3) is 0 Å². The molecule has 0 bridgehead atoms. The SMILES string of the molecule is CNC1CCN(CCNC2CCC(O)CC2)CC1. The summed E-state index contributed by atoms with van der Waals surface area (Å²) in [5, 5.41) is 16.5. The number of hydrogen-bond acceptors (Lipinski definition) is 4. The highest BCUT2D eigenvalue weighted by Crippen LogP contribution is 2.18. The van der Waals surface area contributed by atoms with E-state index in [1.54, 1.807) is 0 Å². The van der Waals surface area contributed by atoms with Gasteiger partial charge in [0.2, 0.25) is 0 Å². The molecule has 1 saturated heterocycles. The van der Waals surface area contributed by atoms with Gasteiger partial charge in [-0.1, -0.05) is 0 Å². The zero-order chi connectivity index (χ0) is 12.8. The lowest BCUT2D eigenvalue weighted by Gasteiger charge is -2.32. The Bertz CT molecular complexity index is 221. The van der Waals surface area contributed by atoms with Crippen molar-refractivity contribution >= 4 is 0 Å². The molecule has 0 radical (unpaired) electrons. The van der Waals surface area contributed by atoms with Crippen molar-refractivity contribution in [1.82, 2.24) is 15.5 Å². The standard InChI is InChI=1S/C14H29N3O/c1-15-12-6-9-17(10-7-12)11-8-16-13-2-4-14(18)5-3-13/h12-16,18H,2-11H2,1H3. The number of nitrogens with zero attached hydrogens (tertiary/aromatic N) is 1. The van der Waals surface area contributed by atoms with Gasteiger partial charge >= 0.3 is 0 Å². The molecule has 2 rings (SSSR count). The molecule has 0 unspecified atom stereocenters. The van der Waals surface area contributed by atoms with Gasteiger partial charge in [-0.3, -0.25) is 0 Å². The molecular formula is C14H29N3O. The fourth-order valence-corrected chi connectivity index (χ4v) is 3.15. The van der Waals surface area contributed by atoms with Crippen molar-refractivity contribution in [3.8, 4) is 0 Å². The van der Waals surface area contributed by atoms with E-state index in [4.69, 9.17) is 0 Å².